The fourth-order valence-corrected chi connectivity index (χ4v) is 2.03. The molecule has 0 radical (unpaired) electrons. The van der Waals surface area contributed by atoms with Gasteiger partial charge in [0.2, 0.25) is 0 Å². The summed E-state index contributed by atoms with van der Waals surface area (Å²) in [6.07, 6.45) is 0. The lowest BCUT2D eigenvalue weighted by atomic mass is 10.1. The topological polar surface area (TPSA) is 91.2 Å². The second kappa shape index (κ2) is 6.21. The highest BCUT2D eigenvalue weighted by Gasteiger charge is 2.45. The molecule has 118 valence electrons. The Bertz CT molecular complexity index is 469. The molecule has 0 aliphatic carbocycles. The molecule has 1 atom stereocenters. The molecule has 1 fully saturated rings. The van der Waals surface area contributed by atoms with E-state index in [0.717, 1.165) is 9.80 Å². The molecule has 1 rings (SSSR count). The zero-order valence-corrected chi connectivity index (χ0v) is 13.1. The summed E-state index contributed by atoms with van der Waals surface area (Å²) in [6, 6.07) is -0.622. The van der Waals surface area contributed by atoms with E-state index in [-0.39, 0.29) is 31.2 Å². The normalized spacial score (nSPS) is 17.5. The van der Waals surface area contributed by atoms with Crippen LogP contribution in [0.3, 0.4) is 0 Å². The molecular formula is C13H23N4O4+. The van der Waals surface area contributed by atoms with Gasteiger partial charge in [-0.05, 0) is 27.7 Å². The lowest BCUT2D eigenvalue weighted by Gasteiger charge is -2.23. The van der Waals surface area contributed by atoms with Gasteiger partial charge in [-0.1, -0.05) is 0 Å². The predicted octanol–water partition coefficient (Wildman–Crippen LogP) is -1.82. The number of imide groups is 2. The minimum Gasteiger partial charge on any atom is -0.347 e. The molecule has 1 aliphatic rings. The summed E-state index contributed by atoms with van der Waals surface area (Å²) >= 11 is 0. The van der Waals surface area contributed by atoms with E-state index in [4.69, 9.17) is 0 Å². The number of nitrogens with zero attached hydrogens (tertiary/aromatic N) is 2. The lowest BCUT2D eigenvalue weighted by molar-refractivity contribution is -0.879. The van der Waals surface area contributed by atoms with E-state index in [1.54, 1.807) is 14.0 Å². The Kier molecular flexibility index (Phi) is 5.06. The summed E-state index contributed by atoms with van der Waals surface area (Å²) in [4.78, 5) is 49.4. The van der Waals surface area contributed by atoms with E-state index >= 15 is 0 Å². The van der Waals surface area contributed by atoms with Crippen LogP contribution in [0.25, 0.3) is 0 Å². The first-order chi connectivity index (χ1) is 9.56. The SMILES string of the molecule is CCN1C(=O)C(=O)N(C[NH+](C)CC(=O)NC(C)(C)C)C1=O. The fraction of sp³-hybridized carbons (Fsp3) is 0.692. The molecule has 1 unspecified atom stereocenters. The number of likely N-dealkylation sites (N-methyl/N-ethyl adjacent to an activating group) is 2. The van der Waals surface area contributed by atoms with Crippen molar-refractivity contribution in [1.82, 2.24) is 15.1 Å². The second-order valence-corrected chi connectivity index (χ2v) is 6.16. The third-order valence-corrected chi connectivity index (χ3v) is 2.86. The number of hydrogen-bond donors (Lipinski definition) is 2. The van der Waals surface area contributed by atoms with Crippen molar-refractivity contribution in [3.05, 3.63) is 0 Å². The van der Waals surface area contributed by atoms with Gasteiger partial charge < -0.3 is 10.2 Å². The molecule has 0 saturated carbocycles. The van der Waals surface area contributed by atoms with E-state index in [1.165, 1.54) is 0 Å². The van der Waals surface area contributed by atoms with E-state index in [9.17, 15) is 19.2 Å². The minimum atomic E-state index is -0.836. The molecule has 0 aromatic heterocycles. The second-order valence-electron chi connectivity index (χ2n) is 6.16. The van der Waals surface area contributed by atoms with Gasteiger partial charge in [-0.25, -0.2) is 9.69 Å². The van der Waals surface area contributed by atoms with E-state index in [0.29, 0.717) is 4.90 Å². The standard InChI is InChI=1S/C13H22N4O4/c1-6-16-10(19)11(20)17(12(16)21)8-15(5)7-9(18)14-13(2,3)4/h6-8H2,1-5H3,(H,14,18)/p+1. The van der Waals surface area contributed by atoms with Gasteiger partial charge in [0.1, 0.15) is 0 Å². The molecule has 0 spiro atoms. The molecule has 8 heteroatoms. The Hall–Kier alpha value is -1.96. The summed E-state index contributed by atoms with van der Waals surface area (Å²) in [7, 11) is 1.68. The van der Waals surface area contributed by atoms with Crippen LogP contribution in [0.1, 0.15) is 27.7 Å². The van der Waals surface area contributed by atoms with Crippen LogP contribution in [0.4, 0.5) is 4.79 Å². The Labute approximate surface area is 124 Å². The molecule has 8 nitrogen and oxygen atoms in total. The maximum Gasteiger partial charge on any atom is 0.338 e. The number of amides is 5. The van der Waals surface area contributed by atoms with E-state index < -0.39 is 17.8 Å². The average Bonchev–Trinajstić information content (AvgIpc) is 2.50. The smallest absolute Gasteiger partial charge is 0.338 e. The molecule has 0 aromatic carbocycles. The molecule has 21 heavy (non-hydrogen) atoms. The highest BCUT2D eigenvalue weighted by Crippen LogP contribution is 2.09. The van der Waals surface area contributed by atoms with E-state index in [1.807, 2.05) is 20.8 Å². The first kappa shape index (κ1) is 17.1. The van der Waals surface area contributed by atoms with Gasteiger partial charge in [-0.2, -0.15) is 0 Å². The number of hydrogen-bond acceptors (Lipinski definition) is 4. The summed E-state index contributed by atoms with van der Waals surface area (Å²) in [6.45, 7) is 7.47. The molecule has 0 bridgehead atoms. The average molecular weight is 299 g/mol. The number of carbonyl (C=O) groups is 4. The number of rotatable bonds is 5. The Morgan fingerprint density at radius 3 is 2.10 bits per heavy atom. The fourth-order valence-electron chi connectivity index (χ4n) is 2.03. The van der Waals surface area contributed by atoms with Crippen molar-refractivity contribution in [2.45, 2.75) is 33.2 Å². The number of urea groups is 1. The maximum absolute atomic E-state index is 11.9. The molecular weight excluding hydrogens is 276 g/mol. The van der Waals surface area contributed by atoms with Gasteiger partial charge in [0.05, 0.1) is 7.05 Å². The molecule has 1 aliphatic heterocycles. The Morgan fingerprint density at radius 1 is 1.14 bits per heavy atom. The molecule has 2 N–H and O–H groups in total. The van der Waals surface area contributed by atoms with Crippen LogP contribution in [0.15, 0.2) is 0 Å². The number of carbonyl (C=O) groups excluding carboxylic acids is 4. The van der Waals surface area contributed by atoms with Crippen molar-refractivity contribution in [2.75, 3.05) is 26.8 Å². The molecule has 1 heterocycles. The van der Waals surface area contributed by atoms with Crippen molar-refractivity contribution in [2.24, 2.45) is 0 Å². The van der Waals surface area contributed by atoms with Crippen LogP contribution in [0, 0.1) is 0 Å². The van der Waals surface area contributed by atoms with Crippen molar-refractivity contribution in [3.8, 4) is 0 Å². The van der Waals surface area contributed by atoms with Crippen molar-refractivity contribution < 1.29 is 24.1 Å². The monoisotopic (exact) mass is 299 g/mol. The van der Waals surface area contributed by atoms with Gasteiger partial charge in [0.15, 0.2) is 13.2 Å². The van der Waals surface area contributed by atoms with Crippen molar-refractivity contribution in [3.63, 3.8) is 0 Å². The summed E-state index contributed by atoms with van der Waals surface area (Å²) in [5, 5.41) is 2.80. The predicted molar refractivity (Wildman–Crippen MR) is 74.1 cm³/mol. The zero-order chi connectivity index (χ0) is 16.4. The molecule has 0 aromatic rings. The van der Waals surface area contributed by atoms with Crippen LogP contribution in [-0.4, -0.2) is 65.9 Å². The van der Waals surface area contributed by atoms with Crippen molar-refractivity contribution in [1.29, 1.82) is 0 Å². The van der Waals surface area contributed by atoms with Crippen LogP contribution in [-0.2, 0) is 14.4 Å². The van der Waals surface area contributed by atoms with E-state index in [2.05, 4.69) is 5.32 Å². The van der Waals surface area contributed by atoms with Gasteiger partial charge in [0.25, 0.3) is 5.91 Å². The summed E-state index contributed by atoms with van der Waals surface area (Å²) in [5.41, 5.74) is -0.342. The van der Waals surface area contributed by atoms with Crippen LogP contribution in [0.5, 0.6) is 0 Å². The van der Waals surface area contributed by atoms with Gasteiger partial charge in [-0.3, -0.25) is 19.3 Å². The van der Waals surface area contributed by atoms with Gasteiger partial charge in [0, 0.05) is 12.1 Å². The minimum absolute atomic E-state index is 0.0164. The molecule has 1 saturated heterocycles. The third kappa shape index (κ3) is 4.25. The van der Waals surface area contributed by atoms with Crippen LogP contribution in [0.2, 0.25) is 0 Å². The highest BCUT2D eigenvalue weighted by molar-refractivity contribution is 6.44. The van der Waals surface area contributed by atoms with Crippen LogP contribution >= 0.6 is 0 Å². The largest absolute Gasteiger partial charge is 0.347 e. The van der Waals surface area contributed by atoms with Gasteiger partial charge >= 0.3 is 17.8 Å². The highest BCUT2D eigenvalue weighted by atomic mass is 16.2. The Morgan fingerprint density at radius 2 is 1.67 bits per heavy atom. The summed E-state index contributed by atoms with van der Waals surface area (Å²) in [5.74, 6) is -1.83. The van der Waals surface area contributed by atoms with Gasteiger partial charge in [-0.15, -0.1) is 0 Å². The zero-order valence-electron chi connectivity index (χ0n) is 13.1. The first-order valence-electron chi connectivity index (χ1n) is 6.86. The van der Waals surface area contributed by atoms with Crippen molar-refractivity contribution >= 4 is 23.8 Å². The first-order valence-corrected chi connectivity index (χ1v) is 6.86. The lowest BCUT2D eigenvalue weighted by Crippen LogP contribution is -3.12. The Balaban J connectivity index is 2.61. The van der Waals surface area contributed by atoms with Crippen LogP contribution < -0.4 is 10.2 Å². The summed E-state index contributed by atoms with van der Waals surface area (Å²) < 4.78 is 0. The molecule has 5 amide bonds. The third-order valence-electron chi connectivity index (χ3n) is 2.86. The quantitative estimate of drug-likeness (QED) is 0.462. The number of quaternary nitrogens is 1. The number of nitrogens with one attached hydrogen (secondary N) is 2. The maximum atomic E-state index is 11.9.